The van der Waals surface area contributed by atoms with E-state index < -0.39 is 72.0 Å². The van der Waals surface area contributed by atoms with Crippen LogP contribution < -0.4 is 22.2 Å². The lowest BCUT2D eigenvalue weighted by Crippen LogP contribution is -2.40. The maximum Gasteiger partial charge on any atom is 0.326 e. The number of carbonyl (C=O) groups excluding carboxylic acids is 3. The van der Waals surface area contributed by atoms with Gasteiger partial charge in [-0.2, -0.15) is 0 Å². The third-order valence-corrected chi connectivity index (χ3v) is 17.9. The summed E-state index contributed by atoms with van der Waals surface area (Å²) < 4.78 is 98.1. The number of rotatable bonds is 25. The second-order valence-electron chi connectivity index (χ2n) is 26.9. The highest BCUT2D eigenvalue weighted by Crippen LogP contribution is 2.36. The normalized spacial score (nSPS) is 16.1. The molecule has 0 radical (unpaired) electrons. The van der Waals surface area contributed by atoms with Crippen LogP contribution in [0.5, 0.6) is 0 Å². The number of pyridine rings is 2. The number of ether oxygens (including phenoxy) is 2. The molecule has 15 nitrogen and oxygen atoms in total. The minimum absolute atomic E-state index is 0.0127. The number of nitrogens with one attached hydrogen (secondary N) is 1. The van der Waals surface area contributed by atoms with Crippen molar-refractivity contribution in [2.24, 2.45) is 17.6 Å². The first-order chi connectivity index (χ1) is 45.7. The number of aromatic nitrogens is 2. The number of carboxylic acids is 1. The molecule has 0 saturated carbocycles. The first-order valence-corrected chi connectivity index (χ1v) is 33.6. The van der Waals surface area contributed by atoms with Gasteiger partial charge in [0, 0.05) is 81.0 Å². The molecular weight excluding hydrogens is 1250 g/mol. The molecule has 1 amide bonds. The lowest BCUT2D eigenvalue weighted by atomic mass is 9.90. The average molecular weight is 1350 g/mol. The van der Waals surface area contributed by atoms with Crippen molar-refractivity contribution in [2.45, 2.75) is 185 Å². The van der Waals surface area contributed by atoms with Crippen LogP contribution in [-0.4, -0.2) is 113 Å². The summed E-state index contributed by atoms with van der Waals surface area (Å²) in [6, 6.07) is 11.6. The van der Waals surface area contributed by atoms with Crippen molar-refractivity contribution in [1.29, 1.82) is 0 Å². The van der Waals surface area contributed by atoms with Crippen molar-refractivity contribution >= 4 is 23.8 Å². The molecule has 4 N–H and O–H groups in total. The number of hydrogen-bond donors (Lipinski definition) is 3. The molecule has 2 aromatic heterocycles. The molecular formula is C76H98F6N6O9. The van der Waals surface area contributed by atoms with Gasteiger partial charge in [-0.3, -0.25) is 24.0 Å². The number of esters is 2. The smallest absolute Gasteiger partial charge is 0.326 e. The SMILES string of the molecule is CCOC(=O)C[C@H](N)c1cc(-c2c(C)cc(F)cc2C)cc(C)c1F.CCOC(=O)C[C@H](NC(=O)C(CC(C)C)n1cc(CCN2CC[C@@H](F)C2)c(C)cc1=O)c1cc(-c2c(C)cc(F)cc2C)cc(C)c1F.Cc1cc(=O)n(C(CC(C)C)C(=O)O)cc1CCN1CC[C@@H](F)C1. The Morgan fingerprint density at radius 1 is 0.557 bits per heavy atom. The van der Waals surface area contributed by atoms with E-state index in [0.717, 1.165) is 63.2 Å². The number of halogens is 6. The van der Waals surface area contributed by atoms with E-state index in [0.29, 0.717) is 92.5 Å². The Balaban J connectivity index is 0.000000254. The van der Waals surface area contributed by atoms with Crippen molar-refractivity contribution in [3.05, 3.63) is 184 Å². The summed E-state index contributed by atoms with van der Waals surface area (Å²) in [6.07, 6.45) is 4.44. The Hall–Kier alpha value is -7.88. The summed E-state index contributed by atoms with van der Waals surface area (Å²) in [5, 5.41) is 12.4. The summed E-state index contributed by atoms with van der Waals surface area (Å²) in [7, 11) is 0. The second-order valence-corrected chi connectivity index (χ2v) is 26.9. The van der Waals surface area contributed by atoms with Crippen LogP contribution in [-0.2, 0) is 41.5 Å². The van der Waals surface area contributed by atoms with E-state index >= 15 is 4.39 Å². The van der Waals surface area contributed by atoms with Crippen molar-refractivity contribution in [3.63, 3.8) is 0 Å². The Kier molecular flexibility index (Phi) is 28.6. The molecule has 8 rings (SSSR count). The monoisotopic (exact) mass is 1350 g/mol. The third-order valence-electron chi connectivity index (χ3n) is 17.9. The molecule has 2 fully saturated rings. The molecule has 21 heteroatoms. The summed E-state index contributed by atoms with van der Waals surface area (Å²) in [5.74, 6) is -4.12. The average Bonchev–Trinajstić information content (AvgIpc) is 1.28. The maximum absolute atomic E-state index is 16.0. The van der Waals surface area contributed by atoms with Crippen LogP contribution in [0.25, 0.3) is 22.3 Å². The van der Waals surface area contributed by atoms with Gasteiger partial charge in [-0.15, -0.1) is 0 Å². The molecule has 2 aliphatic rings. The number of aliphatic carboxylic acids is 1. The summed E-state index contributed by atoms with van der Waals surface area (Å²) in [4.78, 5) is 80.1. The first kappa shape index (κ1) is 78.1. The molecule has 4 aromatic carbocycles. The second kappa shape index (κ2) is 35.6. The van der Waals surface area contributed by atoms with E-state index in [1.807, 2.05) is 55.4 Å². The van der Waals surface area contributed by atoms with E-state index in [1.54, 1.807) is 78.2 Å². The molecule has 2 saturated heterocycles. The number of benzene rings is 4. The van der Waals surface area contributed by atoms with Gasteiger partial charge in [-0.05, 0) is 246 Å². The molecule has 2 aliphatic heterocycles. The van der Waals surface area contributed by atoms with Gasteiger partial charge < -0.3 is 44.6 Å². The van der Waals surface area contributed by atoms with Gasteiger partial charge in [0.15, 0.2) is 0 Å². The molecule has 6 atom stereocenters. The minimum Gasteiger partial charge on any atom is -0.480 e. The Morgan fingerprint density at radius 3 is 1.34 bits per heavy atom. The van der Waals surface area contributed by atoms with Crippen LogP contribution in [0.2, 0.25) is 0 Å². The lowest BCUT2D eigenvalue weighted by Gasteiger charge is -2.27. The van der Waals surface area contributed by atoms with Crippen LogP contribution in [0.15, 0.2) is 82.6 Å². The molecule has 6 aromatic rings. The number of alkyl halides is 2. The highest BCUT2D eigenvalue weighted by molar-refractivity contribution is 5.82. The van der Waals surface area contributed by atoms with Crippen molar-refractivity contribution in [3.8, 4) is 22.3 Å². The van der Waals surface area contributed by atoms with Gasteiger partial charge in [0.25, 0.3) is 11.1 Å². The van der Waals surface area contributed by atoms with Gasteiger partial charge in [0.2, 0.25) is 5.91 Å². The maximum atomic E-state index is 16.0. The predicted octanol–water partition coefficient (Wildman–Crippen LogP) is 13.9. The quantitative estimate of drug-likeness (QED) is 0.0363. The summed E-state index contributed by atoms with van der Waals surface area (Å²) >= 11 is 0. The number of amides is 1. The standard InChI is InChI=1S/C38H48F3N3O4.C20H23F2NO2.C18H27FN2O3/c1-8-48-35(46)19-32(31-18-28(14-26(7)37(31)41)36-24(5)15-30(40)16-25(36)6)42-38(47)33(13-22(2)3)44-20-27(23(4)17-34(44)45)9-11-43-12-10-29(39)21-43;1-5-25-18(24)10-17(23)16-9-14(6-13(4)20(16)22)19-11(2)7-15(21)8-12(19)3;1-12(2)8-16(18(23)24)21-10-14(13(3)9-17(21)22)4-6-20-7-5-15(19)11-20/h14-18,20,22,29,32-33H,8-13,19,21H2,1-7H3,(H,42,47);6-9,17H,5,10,23H2,1-4H3;9-10,12,15-16H,4-8,11H2,1-3H3,(H,23,24)/t29-,32+,33?;17-;15-,16?/m101/s1. The number of hydrogen-bond acceptors (Lipinski definition) is 11. The van der Waals surface area contributed by atoms with Crippen LogP contribution >= 0.6 is 0 Å². The minimum atomic E-state index is -1.12. The zero-order chi connectivity index (χ0) is 71.9. The van der Waals surface area contributed by atoms with E-state index in [4.69, 9.17) is 15.2 Å². The molecule has 0 bridgehead atoms. The van der Waals surface area contributed by atoms with E-state index in [1.165, 1.54) is 45.5 Å². The first-order valence-electron chi connectivity index (χ1n) is 33.6. The predicted molar refractivity (Wildman–Crippen MR) is 367 cm³/mol. The zero-order valence-electron chi connectivity index (χ0n) is 58.7. The summed E-state index contributed by atoms with van der Waals surface area (Å²) in [6.45, 7) is 29.2. The molecule has 4 heterocycles. The number of carbonyl (C=O) groups is 4. The fourth-order valence-electron chi connectivity index (χ4n) is 13.0. The summed E-state index contributed by atoms with van der Waals surface area (Å²) in [5.41, 5.74) is 15.7. The van der Waals surface area contributed by atoms with Crippen molar-refractivity contribution < 1.29 is 60.1 Å². The highest BCUT2D eigenvalue weighted by atomic mass is 19.2. The topological polar surface area (TPSA) is 196 Å². The number of nitrogens with two attached hydrogens (primary N) is 1. The molecule has 2 unspecified atom stereocenters. The van der Waals surface area contributed by atoms with Gasteiger partial charge >= 0.3 is 17.9 Å². The van der Waals surface area contributed by atoms with Crippen molar-refractivity contribution in [2.75, 3.05) is 52.5 Å². The number of likely N-dealkylation sites (tertiary alicyclic amines) is 2. The fraction of sp³-hybridized carbons (Fsp3) is 0.500. The number of carboxylic acid groups (broad SMARTS) is 1. The molecule has 528 valence electrons. The number of aryl methyl sites for hydroxylation is 8. The Labute approximate surface area is 566 Å². The lowest BCUT2D eigenvalue weighted by molar-refractivity contribution is -0.144. The molecule has 0 spiro atoms. The van der Waals surface area contributed by atoms with E-state index in [2.05, 4.69) is 15.1 Å². The van der Waals surface area contributed by atoms with Crippen LogP contribution in [0, 0.1) is 90.5 Å². The Bertz CT molecular complexity index is 3840. The van der Waals surface area contributed by atoms with Gasteiger partial charge in [-0.25, -0.2) is 31.1 Å². The van der Waals surface area contributed by atoms with Crippen LogP contribution in [0.1, 0.15) is 171 Å². The third kappa shape index (κ3) is 21.6. The van der Waals surface area contributed by atoms with Crippen LogP contribution in [0.3, 0.4) is 0 Å². The number of nitrogens with zero attached hydrogens (tertiary/aromatic N) is 4. The zero-order valence-corrected chi connectivity index (χ0v) is 58.7. The van der Waals surface area contributed by atoms with Gasteiger partial charge in [-0.1, -0.05) is 27.7 Å². The van der Waals surface area contributed by atoms with Gasteiger partial charge in [0.05, 0.1) is 32.1 Å². The fourth-order valence-corrected chi connectivity index (χ4v) is 13.0. The largest absolute Gasteiger partial charge is 0.480 e. The molecule has 97 heavy (non-hydrogen) atoms. The van der Waals surface area contributed by atoms with Gasteiger partial charge in [0.1, 0.15) is 47.7 Å². The van der Waals surface area contributed by atoms with E-state index in [9.17, 15) is 55.8 Å². The van der Waals surface area contributed by atoms with E-state index in [-0.39, 0.29) is 71.8 Å². The highest BCUT2D eigenvalue weighted by Gasteiger charge is 2.32. The molecule has 0 aliphatic carbocycles. The Morgan fingerprint density at radius 2 is 0.948 bits per heavy atom. The van der Waals surface area contributed by atoms with Crippen molar-refractivity contribution in [1.82, 2.24) is 24.3 Å². The van der Waals surface area contributed by atoms with Crippen LogP contribution in [0.4, 0.5) is 26.3 Å².